The van der Waals surface area contributed by atoms with Gasteiger partial charge in [-0.25, -0.2) is 0 Å². The Kier molecular flexibility index (Phi) is 1.17. The smallest absolute Gasteiger partial charge is 0.180 e. The highest BCUT2D eigenvalue weighted by Gasteiger charge is 1.97. The van der Waals surface area contributed by atoms with Crippen molar-refractivity contribution in [2.45, 2.75) is 13.3 Å². The van der Waals surface area contributed by atoms with Crippen molar-refractivity contribution in [1.82, 2.24) is 0 Å². The van der Waals surface area contributed by atoms with E-state index in [1.807, 2.05) is 6.92 Å². The van der Waals surface area contributed by atoms with Crippen LogP contribution in [0, 0.1) is 0 Å². The highest BCUT2D eigenvalue weighted by Crippen LogP contribution is 1.83. The minimum Gasteiger partial charge on any atom is -0.180 e. The number of hydrogen-bond donors (Lipinski definition) is 1. The third-order valence-corrected chi connectivity index (χ3v) is 0.830. The van der Waals surface area contributed by atoms with E-state index < -0.39 is 0 Å². The Labute approximate surface area is 42.1 Å². The number of nitrogens with two attached hydrogens (primary N) is 1. The summed E-state index contributed by atoms with van der Waals surface area (Å²) in [5.41, 5.74) is 1.71. The summed E-state index contributed by atoms with van der Waals surface area (Å²) >= 11 is 0. The van der Waals surface area contributed by atoms with E-state index in [1.165, 1.54) is 0 Å². The average Bonchev–Trinajstić information content (AvgIpc) is 2.14. The van der Waals surface area contributed by atoms with Gasteiger partial charge in [-0.05, 0) is 0 Å². The molecular weight excluding hydrogens is 90.1 g/mol. The maximum absolute atomic E-state index is 3.92. The highest BCUT2D eigenvalue weighted by molar-refractivity contribution is 5.88. The molecule has 0 saturated carbocycles. The fraction of sp³-hybridized carbons (Fsp3) is 0.500. The lowest BCUT2D eigenvalue weighted by molar-refractivity contribution is -0.532. The van der Waals surface area contributed by atoms with E-state index in [4.69, 9.17) is 0 Å². The summed E-state index contributed by atoms with van der Waals surface area (Å²) in [5, 5.41) is 3.92. The Morgan fingerprint density at radius 1 is 1.86 bits per heavy atom. The molecule has 0 aromatic carbocycles. The van der Waals surface area contributed by atoms with Gasteiger partial charge in [-0.1, -0.05) is 12.0 Å². The highest BCUT2D eigenvalue weighted by atomic mass is 15.4. The molecule has 0 radical (unpaired) electrons. The van der Waals surface area contributed by atoms with Gasteiger partial charge in [0.25, 0.3) is 0 Å². The van der Waals surface area contributed by atoms with Gasteiger partial charge in [0.05, 0.1) is 0 Å². The fourth-order valence-electron chi connectivity index (χ4n) is 0.455. The molecule has 1 heterocycles. The van der Waals surface area contributed by atoms with Crippen LogP contribution in [-0.2, 0) is 0 Å². The minimum absolute atomic E-state index is 0.931. The molecule has 1 aliphatic heterocycles. The molecule has 1 rings (SSSR count). The number of amidine groups is 1. The fourth-order valence-corrected chi connectivity index (χ4v) is 0.455. The van der Waals surface area contributed by atoms with Crippen molar-refractivity contribution >= 4 is 12.2 Å². The van der Waals surface area contributed by atoms with Gasteiger partial charge in [0.1, 0.15) is 0 Å². The van der Waals surface area contributed by atoms with E-state index in [2.05, 4.69) is 10.1 Å². The van der Waals surface area contributed by atoms with Crippen molar-refractivity contribution in [3.05, 3.63) is 0 Å². The third-order valence-electron chi connectivity index (χ3n) is 0.830. The van der Waals surface area contributed by atoms with E-state index in [0.717, 1.165) is 12.3 Å². The molecule has 0 fully saturated rings. The number of rotatable bonds is 1. The van der Waals surface area contributed by atoms with Crippen molar-refractivity contribution in [1.29, 1.82) is 0 Å². The van der Waals surface area contributed by atoms with Crippen LogP contribution in [0.3, 0.4) is 0 Å². The quantitative estimate of drug-likeness (QED) is 0.422. The molecule has 0 bridgehead atoms. The summed E-state index contributed by atoms with van der Waals surface area (Å²) in [5.74, 6) is 0.931. The molecular formula is C4H8N3+. The van der Waals surface area contributed by atoms with Crippen molar-refractivity contribution in [2.24, 2.45) is 10.1 Å². The van der Waals surface area contributed by atoms with Gasteiger partial charge >= 0.3 is 0 Å². The van der Waals surface area contributed by atoms with Crippen LogP contribution in [0.1, 0.15) is 13.3 Å². The third kappa shape index (κ3) is 0.838. The van der Waals surface area contributed by atoms with Crippen molar-refractivity contribution in [3.8, 4) is 0 Å². The molecule has 2 N–H and O–H groups in total. The lowest BCUT2D eigenvalue weighted by Gasteiger charge is -1.76. The molecule has 3 nitrogen and oxygen atoms in total. The van der Waals surface area contributed by atoms with Crippen LogP contribution in [0.5, 0.6) is 0 Å². The molecule has 38 valence electrons. The van der Waals surface area contributed by atoms with E-state index in [0.29, 0.717) is 0 Å². The minimum atomic E-state index is 0.931. The predicted octanol–water partition coefficient (Wildman–Crippen LogP) is -0.685. The van der Waals surface area contributed by atoms with Crippen LogP contribution in [0.25, 0.3) is 0 Å². The standard InChI is InChI=1S/C4H7N3/c1-2-4-5-3-6-7-4/h3H,2H2,1H3,(H,5,6,7)/p+1. The molecule has 0 spiro atoms. The van der Waals surface area contributed by atoms with Gasteiger partial charge in [0.15, 0.2) is 5.84 Å². The number of quaternary nitrogens is 1. The zero-order valence-electron chi connectivity index (χ0n) is 4.26. The summed E-state index contributed by atoms with van der Waals surface area (Å²) < 4.78 is 0. The Morgan fingerprint density at radius 3 is 3.00 bits per heavy atom. The summed E-state index contributed by atoms with van der Waals surface area (Å²) in [6.07, 6.45) is 2.64. The summed E-state index contributed by atoms with van der Waals surface area (Å²) in [7, 11) is 0. The van der Waals surface area contributed by atoms with E-state index in [-0.39, 0.29) is 0 Å². The van der Waals surface area contributed by atoms with E-state index >= 15 is 0 Å². The monoisotopic (exact) mass is 98.1 g/mol. The van der Waals surface area contributed by atoms with Crippen LogP contribution >= 0.6 is 0 Å². The van der Waals surface area contributed by atoms with Crippen LogP contribution < -0.4 is 5.43 Å². The normalized spacial score (nSPS) is 17.6. The Hall–Kier alpha value is -0.700. The molecule has 0 amide bonds. The second-order valence-electron chi connectivity index (χ2n) is 1.33. The maximum Gasteiger partial charge on any atom is 0.215 e. The zero-order valence-corrected chi connectivity index (χ0v) is 4.26. The number of nitrogens with zero attached hydrogens (tertiary/aromatic N) is 2. The molecule has 0 aliphatic carbocycles. The zero-order chi connectivity index (χ0) is 5.11. The van der Waals surface area contributed by atoms with Crippen LogP contribution in [-0.4, -0.2) is 12.2 Å². The van der Waals surface area contributed by atoms with Gasteiger partial charge in [-0.2, -0.15) is 10.4 Å². The average molecular weight is 98.1 g/mol. The van der Waals surface area contributed by atoms with Crippen molar-refractivity contribution < 1.29 is 5.43 Å². The molecule has 1 aliphatic rings. The second kappa shape index (κ2) is 1.84. The number of aliphatic imine (C=N–C) groups is 1. The van der Waals surface area contributed by atoms with Gasteiger partial charge < -0.3 is 0 Å². The molecule has 0 unspecified atom stereocenters. The first-order valence-corrected chi connectivity index (χ1v) is 2.36. The lowest BCUT2D eigenvalue weighted by atomic mass is 10.5. The first-order valence-electron chi connectivity index (χ1n) is 2.36. The lowest BCUT2D eigenvalue weighted by Crippen LogP contribution is -2.74. The van der Waals surface area contributed by atoms with E-state index in [1.54, 1.807) is 11.8 Å². The first-order chi connectivity index (χ1) is 3.43. The van der Waals surface area contributed by atoms with E-state index in [9.17, 15) is 0 Å². The van der Waals surface area contributed by atoms with Crippen molar-refractivity contribution in [3.63, 3.8) is 0 Å². The van der Waals surface area contributed by atoms with Gasteiger partial charge in [0, 0.05) is 6.42 Å². The topological polar surface area (TPSA) is 41.3 Å². The second-order valence-corrected chi connectivity index (χ2v) is 1.33. The first kappa shape index (κ1) is 4.46. The SMILES string of the molecule is CCC1=N[NH2+]C=N1. The summed E-state index contributed by atoms with van der Waals surface area (Å²) in [6, 6.07) is 0. The molecule has 0 saturated heterocycles. The van der Waals surface area contributed by atoms with Crippen LogP contribution in [0.4, 0.5) is 0 Å². The van der Waals surface area contributed by atoms with Gasteiger partial charge in [-0.15, -0.1) is 0 Å². The predicted molar refractivity (Wildman–Crippen MR) is 28.1 cm³/mol. The molecule has 0 atom stereocenters. The van der Waals surface area contributed by atoms with Crippen LogP contribution in [0.15, 0.2) is 10.1 Å². The Bertz CT molecular complexity index is 114. The molecule has 3 heteroatoms. The number of hydrogen-bond acceptors (Lipinski definition) is 2. The molecule has 7 heavy (non-hydrogen) atoms. The van der Waals surface area contributed by atoms with Crippen molar-refractivity contribution in [2.75, 3.05) is 0 Å². The largest absolute Gasteiger partial charge is 0.215 e. The molecule has 0 aromatic rings. The van der Waals surface area contributed by atoms with Gasteiger partial charge in [-0.3, -0.25) is 0 Å². The van der Waals surface area contributed by atoms with Gasteiger partial charge in [0.2, 0.25) is 6.34 Å². The van der Waals surface area contributed by atoms with Crippen LogP contribution in [0.2, 0.25) is 0 Å². The summed E-state index contributed by atoms with van der Waals surface area (Å²) in [6.45, 7) is 2.04. The maximum atomic E-state index is 3.92. The summed E-state index contributed by atoms with van der Waals surface area (Å²) in [4.78, 5) is 3.92. The Morgan fingerprint density at radius 2 is 2.71 bits per heavy atom. The Balaban J connectivity index is 2.52. The molecule has 0 aromatic heterocycles.